The molecule has 6 nitrogen and oxygen atoms in total. The Morgan fingerprint density at radius 2 is 1.95 bits per heavy atom. The van der Waals surface area contributed by atoms with Crippen molar-refractivity contribution in [2.75, 3.05) is 7.05 Å². The molecule has 1 N–H and O–H groups in total. The van der Waals surface area contributed by atoms with Crippen molar-refractivity contribution < 1.29 is 31.5 Å². The molecule has 0 fully saturated rings. The molecule has 1 rings (SSSR count). The second-order valence-corrected chi connectivity index (χ2v) is 6.32. The predicted molar refractivity (Wildman–Crippen MR) is 68.2 cm³/mol. The lowest BCUT2D eigenvalue weighted by molar-refractivity contribution is -0.140. The number of nitrogens with zero attached hydrogens (tertiary/aromatic N) is 2. The number of likely N-dealkylation sites (N-methyl/N-ethyl adjacent to an activating group) is 1. The van der Waals surface area contributed by atoms with Crippen LogP contribution in [0.3, 0.4) is 0 Å². The van der Waals surface area contributed by atoms with Crippen molar-refractivity contribution >= 4 is 16.0 Å². The maximum atomic E-state index is 13.0. The summed E-state index contributed by atoms with van der Waals surface area (Å²) in [5.41, 5.74) is -1.88. The fourth-order valence-corrected chi connectivity index (χ4v) is 3.07. The van der Waals surface area contributed by atoms with Crippen molar-refractivity contribution in [2.24, 2.45) is 0 Å². The minimum absolute atomic E-state index is 0.325. The third-order valence-corrected chi connectivity index (χ3v) is 4.96. The Hall–Kier alpha value is -2.12. The Morgan fingerprint density at radius 1 is 1.41 bits per heavy atom. The van der Waals surface area contributed by atoms with Gasteiger partial charge in [0.2, 0.25) is 10.0 Å². The molecule has 0 radical (unpaired) electrons. The number of alkyl halides is 3. The van der Waals surface area contributed by atoms with Gasteiger partial charge in [-0.1, -0.05) is 0 Å². The number of sulfonamides is 1. The van der Waals surface area contributed by atoms with Gasteiger partial charge < -0.3 is 5.11 Å². The maximum absolute atomic E-state index is 13.0. The SMILES string of the molecule is CC(C(=O)O)N(C)S(=O)(=O)c1ccc(C#N)cc1C(F)(F)F. The number of nitriles is 1. The van der Waals surface area contributed by atoms with Gasteiger partial charge in [0.15, 0.2) is 0 Å². The summed E-state index contributed by atoms with van der Waals surface area (Å²) in [5, 5.41) is 17.4. The van der Waals surface area contributed by atoms with Crippen molar-refractivity contribution in [2.45, 2.75) is 24.0 Å². The topological polar surface area (TPSA) is 98.5 Å². The zero-order valence-corrected chi connectivity index (χ0v) is 12.2. The van der Waals surface area contributed by atoms with Gasteiger partial charge in [-0.15, -0.1) is 0 Å². The van der Waals surface area contributed by atoms with Gasteiger partial charge >= 0.3 is 12.1 Å². The first-order valence-electron chi connectivity index (χ1n) is 5.75. The molecule has 0 bridgehead atoms. The van der Waals surface area contributed by atoms with E-state index in [2.05, 4.69) is 0 Å². The molecule has 0 saturated heterocycles. The first kappa shape index (κ1) is 17.9. The molecule has 1 atom stereocenters. The van der Waals surface area contributed by atoms with Crippen LogP contribution in [0.15, 0.2) is 23.1 Å². The van der Waals surface area contributed by atoms with Crippen LogP contribution in [0.1, 0.15) is 18.1 Å². The molecular formula is C12H11F3N2O4S. The monoisotopic (exact) mass is 336 g/mol. The summed E-state index contributed by atoms with van der Waals surface area (Å²) < 4.78 is 63.8. The summed E-state index contributed by atoms with van der Waals surface area (Å²) in [7, 11) is -3.83. The minimum atomic E-state index is -5.01. The summed E-state index contributed by atoms with van der Waals surface area (Å²) >= 11 is 0. The molecule has 1 aromatic carbocycles. The molecule has 0 heterocycles. The van der Waals surface area contributed by atoms with Crippen molar-refractivity contribution in [1.82, 2.24) is 4.31 Å². The fraction of sp³-hybridized carbons (Fsp3) is 0.333. The third kappa shape index (κ3) is 3.37. The van der Waals surface area contributed by atoms with Crippen LogP contribution in [0, 0.1) is 11.3 Å². The zero-order valence-electron chi connectivity index (χ0n) is 11.4. The lowest BCUT2D eigenvalue weighted by Gasteiger charge is -2.23. The predicted octanol–water partition coefficient (Wildman–Crippen LogP) is 1.67. The molecule has 0 aliphatic heterocycles. The second-order valence-electron chi connectivity index (χ2n) is 4.36. The van der Waals surface area contributed by atoms with Crippen molar-refractivity contribution in [3.05, 3.63) is 29.3 Å². The molecule has 10 heteroatoms. The Labute approximate surface area is 124 Å². The Kier molecular flexibility index (Phi) is 4.84. The summed E-state index contributed by atoms with van der Waals surface area (Å²) in [6.45, 7) is 1.02. The Bertz CT molecular complexity index is 738. The number of hydrogen-bond acceptors (Lipinski definition) is 4. The van der Waals surface area contributed by atoms with Crippen LogP contribution in [0.2, 0.25) is 0 Å². The number of carboxylic acids is 1. The van der Waals surface area contributed by atoms with E-state index in [1.165, 1.54) is 6.07 Å². The second kappa shape index (κ2) is 5.94. The average Bonchev–Trinajstić information content (AvgIpc) is 2.43. The number of aliphatic carboxylic acids is 1. The summed E-state index contributed by atoms with van der Waals surface area (Å²) in [6.07, 6.45) is -5.01. The lowest BCUT2D eigenvalue weighted by atomic mass is 10.1. The van der Waals surface area contributed by atoms with Gasteiger partial charge in [-0.2, -0.15) is 22.7 Å². The van der Waals surface area contributed by atoms with E-state index < -0.39 is 38.7 Å². The van der Waals surface area contributed by atoms with Crippen LogP contribution < -0.4 is 0 Å². The number of hydrogen-bond donors (Lipinski definition) is 1. The molecule has 1 aromatic rings. The molecule has 0 amide bonds. The number of halogens is 3. The Morgan fingerprint density at radius 3 is 2.36 bits per heavy atom. The molecule has 1 unspecified atom stereocenters. The van der Waals surface area contributed by atoms with Crippen LogP contribution >= 0.6 is 0 Å². The number of carboxylic acid groups (broad SMARTS) is 1. The highest BCUT2D eigenvalue weighted by Gasteiger charge is 2.40. The first-order valence-corrected chi connectivity index (χ1v) is 7.19. The highest BCUT2D eigenvalue weighted by molar-refractivity contribution is 7.89. The number of rotatable bonds is 4. The number of benzene rings is 1. The lowest BCUT2D eigenvalue weighted by Crippen LogP contribution is -2.40. The van der Waals surface area contributed by atoms with Crippen LogP contribution in [0.5, 0.6) is 0 Å². The van der Waals surface area contributed by atoms with Gasteiger partial charge in [0.1, 0.15) is 6.04 Å². The van der Waals surface area contributed by atoms with Gasteiger partial charge in [-0.25, -0.2) is 8.42 Å². The average molecular weight is 336 g/mol. The standard InChI is InChI=1S/C12H11F3N2O4S/c1-7(11(18)19)17(2)22(20,21)10-4-3-8(6-16)5-9(10)12(13,14)15/h3-5,7H,1-2H3,(H,18,19). The fourth-order valence-electron chi connectivity index (χ4n) is 1.56. The Balaban J connectivity index is 3.56. The van der Waals surface area contributed by atoms with Crippen LogP contribution in [-0.2, 0) is 21.0 Å². The quantitative estimate of drug-likeness (QED) is 0.902. The molecule has 120 valence electrons. The molecule has 22 heavy (non-hydrogen) atoms. The maximum Gasteiger partial charge on any atom is 0.417 e. The van der Waals surface area contributed by atoms with Crippen LogP contribution in [0.4, 0.5) is 13.2 Å². The van der Waals surface area contributed by atoms with Crippen LogP contribution in [0.25, 0.3) is 0 Å². The van der Waals surface area contributed by atoms with Crippen molar-refractivity contribution in [3.63, 3.8) is 0 Å². The first-order chi connectivity index (χ1) is 9.92. The molecule has 0 spiro atoms. The molecule has 0 aliphatic rings. The van der Waals surface area contributed by atoms with Crippen LogP contribution in [-0.4, -0.2) is 36.9 Å². The van der Waals surface area contributed by atoms with E-state index in [9.17, 15) is 26.4 Å². The summed E-state index contributed by atoms with van der Waals surface area (Å²) in [4.78, 5) is 9.73. The van der Waals surface area contributed by atoms with E-state index in [-0.39, 0.29) is 5.56 Å². The summed E-state index contributed by atoms with van der Waals surface area (Å²) in [5.74, 6) is -1.51. The largest absolute Gasteiger partial charge is 0.480 e. The third-order valence-electron chi connectivity index (χ3n) is 2.97. The number of carbonyl (C=O) groups is 1. The van der Waals surface area contributed by atoms with E-state index in [4.69, 9.17) is 10.4 Å². The molecule has 0 saturated carbocycles. The van der Waals surface area contributed by atoms with Crippen molar-refractivity contribution in [1.29, 1.82) is 5.26 Å². The van der Waals surface area contributed by atoms with Crippen molar-refractivity contribution in [3.8, 4) is 6.07 Å². The van der Waals surface area contributed by atoms with Gasteiger partial charge in [-0.05, 0) is 25.1 Å². The molecular weight excluding hydrogens is 325 g/mol. The van der Waals surface area contributed by atoms with E-state index >= 15 is 0 Å². The smallest absolute Gasteiger partial charge is 0.417 e. The van der Waals surface area contributed by atoms with E-state index in [0.717, 1.165) is 20.0 Å². The summed E-state index contributed by atoms with van der Waals surface area (Å²) in [6, 6.07) is 1.90. The van der Waals surface area contributed by atoms with E-state index in [1.807, 2.05) is 0 Å². The van der Waals surface area contributed by atoms with Gasteiger partial charge in [0.05, 0.1) is 22.1 Å². The zero-order chi connectivity index (χ0) is 17.3. The minimum Gasteiger partial charge on any atom is -0.480 e. The molecule has 0 aromatic heterocycles. The van der Waals surface area contributed by atoms with E-state index in [1.54, 1.807) is 0 Å². The highest BCUT2D eigenvalue weighted by Crippen LogP contribution is 2.36. The van der Waals surface area contributed by atoms with E-state index in [0.29, 0.717) is 16.4 Å². The highest BCUT2D eigenvalue weighted by atomic mass is 32.2. The normalized spacial score (nSPS) is 13.7. The molecule has 0 aliphatic carbocycles. The van der Waals surface area contributed by atoms with Gasteiger partial charge in [0.25, 0.3) is 0 Å². The van der Waals surface area contributed by atoms with Gasteiger partial charge in [-0.3, -0.25) is 4.79 Å². The van der Waals surface area contributed by atoms with Gasteiger partial charge in [0, 0.05) is 7.05 Å².